The van der Waals surface area contributed by atoms with E-state index in [4.69, 9.17) is 14.2 Å². The van der Waals surface area contributed by atoms with E-state index in [2.05, 4.69) is 25.9 Å². The number of hydrogen-bond acceptors (Lipinski definition) is 9. The van der Waals surface area contributed by atoms with E-state index >= 15 is 0 Å². The Morgan fingerprint density at radius 1 is 1.00 bits per heavy atom. The van der Waals surface area contributed by atoms with Crippen molar-refractivity contribution in [1.29, 1.82) is 0 Å². The van der Waals surface area contributed by atoms with Crippen LogP contribution in [0.5, 0.6) is 0 Å². The maximum absolute atomic E-state index is 13.4. The van der Waals surface area contributed by atoms with Crippen molar-refractivity contribution in [3.05, 3.63) is 51.8 Å². The fourth-order valence-corrected chi connectivity index (χ4v) is 3.78. The molecule has 0 aliphatic heterocycles. The largest absolute Gasteiger partial charge is 0.444 e. The van der Waals surface area contributed by atoms with Crippen molar-refractivity contribution in [2.75, 3.05) is 5.32 Å². The van der Waals surface area contributed by atoms with Crippen LogP contribution in [-0.2, 0) is 34.9 Å². The fraction of sp³-hybridized carbons (Fsp3) is 0.556. The lowest BCUT2D eigenvalue weighted by molar-refractivity contribution is 0.00563. The van der Waals surface area contributed by atoms with Crippen LogP contribution < -0.4 is 16.2 Å². The summed E-state index contributed by atoms with van der Waals surface area (Å²) in [5.74, 6) is 0.370. The Hall–Kier alpha value is -4.20. The summed E-state index contributed by atoms with van der Waals surface area (Å²) in [6.07, 6.45) is 1.03. The van der Waals surface area contributed by atoms with Crippen LogP contribution in [0.25, 0.3) is 5.82 Å². The maximum atomic E-state index is 13.4. The molecule has 0 fully saturated rings. The molecule has 2 amide bonds. The average Bonchev–Trinajstić information content (AvgIpc) is 3.37. The molecular weight excluding hydrogens is 532 g/mol. The summed E-state index contributed by atoms with van der Waals surface area (Å²) in [6.45, 7) is 14.1. The van der Waals surface area contributed by atoms with Gasteiger partial charge in [0.2, 0.25) is 0 Å². The molecule has 0 aliphatic rings. The number of amides is 2. The molecule has 3 heterocycles. The Morgan fingerprint density at radius 3 is 2.17 bits per heavy atom. The van der Waals surface area contributed by atoms with E-state index in [1.54, 1.807) is 85.7 Å². The number of ether oxygens (including phenoxy) is 3. The smallest absolute Gasteiger partial charge is 0.412 e. The van der Waals surface area contributed by atoms with E-state index in [9.17, 15) is 14.4 Å². The first-order valence-electron chi connectivity index (χ1n) is 13.2. The Morgan fingerprint density at radius 2 is 1.63 bits per heavy atom. The minimum atomic E-state index is -0.774. The van der Waals surface area contributed by atoms with Crippen molar-refractivity contribution >= 4 is 17.9 Å². The van der Waals surface area contributed by atoms with Crippen LogP contribution in [0.3, 0.4) is 0 Å². The van der Waals surface area contributed by atoms with E-state index in [0.717, 1.165) is 5.69 Å². The number of aryl methyl sites for hydroxylation is 3. The summed E-state index contributed by atoms with van der Waals surface area (Å²) in [4.78, 5) is 39.8. The van der Waals surface area contributed by atoms with Crippen molar-refractivity contribution in [2.45, 2.75) is 85.3 Å². The third kappa shape index (κ3) is 8.90. The van der Waals surface area contributed by atoms with Gasteiger partial charge in [-0.05, 0) is 67.0 Å². The second kappa shape index (κ2) is 12.1. The van der Waals surface area contributed by atoms with E-state index < -0.39 is 41.1 Å². The molecule has 0 aliphatic carbocycles. The number of carbonyl (C=O) groups excluding carboxylic acids is 2. The molecule has 14 nitrogen and oxygen atoms in total. The zero-order valence-electron chi connectivity index (χ0n) is 25.3. The number of alkyl carbamates (subject to hydrolysis) is 1. The highest BCUT2D eigenvalue weighted by atomic mass is 16.6. The van der Waals surface area contributed by atoms with Gasteiger partial charge < -0.3 is 19.5 Å². The summed E-state index contributed by atoms with van der Waals surface area (Å²) in [7, 11) is 3.44. The molecule has 3 aromatic heterocycles. The van der Waals surface area contributed by atoms with E-state index in [1.165, 1.54) is 15.4 Å². The molecule has 1 unspecified atom stereocenters. The van der Waals surface area contributed by atoms with Gasteiger partial charge in [-0.2, -0.15) is 20.1 Å². The van der Waals surface area contributed by atoms with Gasteiger partial charge in [0, 0.05) is 32.1 Å². The van der Waals surface area contributed by atoms with Gasteiger partial charge >= 0.3 is 12.2 Å². The first-order valence-corrected chi connectivity index (χ1v) is 13.2. The Kier molecular flexibility index (Phi) is 9.26. The molecule has 14 heteroatoms. The molecule has 0 bridgehead atoms. The van der Waals surface area contributed by atoms with Crippen LogP contribution in [0.4, 0.5) is 15.3 Å². The standard InChI is InChI=1S/C27H40N8O6/c1-16-11-21(32-33(16)9)35-14-18(12-19(23(35)36)30-25(38)41-27(6,7)8)15-39-22(20-13-28-34(10)31-20)17(2)29-24(37)40-26(3,4)5/h11-14,17,22H,15H2,1-10H3,(H,29,37)(H,30,38)/t17-,22?/m1/s1. The number of pyridine rings is 1. The third-order valence-corrected chi connectivity index (χ3v) is 5.59. The van der Waals surface area contributed by atoms with Gasteiger partial charge in [0.1, 0.15) is 28.7 Å². The predicted octanol–water partition coefficient (Wildman–Crippen LogP) is 3.53. The Labute approximate surface area is 239 Å². The second-order valence-electron chi connectivity index (χ2n) is 11.8. The molecule has 0 saturated heterocycles. The average molecular weight is 573 g/mol. The first kappa shape index (κ1) is 31.3. The molecule has 0 saturated carbocycles. The number of rotatable bonds is 8. The monoisotopic (exact) mass is 572 g/mol. The number of nitrogens with zero attached hydrogens (tertiary/aromatic N) is 6. The number of aromatic nitrogens is 6. The minimum Gasteiger partial charge on any atom is -0.444 e. The molecule has 3 rings (SSSR count). The van der Waals surface area contributed by atoms with Gasteiger partial charge in [-0.15, -0.1) is 0 Å². The Balaban J connectivity index is 1.94. The zero-order valence-corrected chi connectivity index (χ0v) is 25.3. The summed E-state index contributed by atoms with van der Waals surface area (Å²) in [5.41, 5.74) is -0.0952. The summed E-state index contributed by atoms with van der Waals surface area (Å²) >= 11 is 0. The maximum Gasteiger partial charge on any atom is 0.412 e. The molecule has 2 N–H and O–H groups in total. The molecular formula is C27H40N8O6. The molecule has 2 atom stereocenters. The van der Waals surface area contributed by atoms with Crippen LogP contribution >= 0.6 is 0 Å². The first-order chi connectivity index (χ1) is 18.9. The molecule has 0 spiro atoms. The molecule has 3 aromatic rings. The highest BCUT2D eigenvalue weighted by Gasteiger charge is 2.27. The molecule has 0 radical (unpaired) electrons. The molecule has 41 heavy (non-hydrogen) atoms. The van der Waals surface area contributed by atoms with Gasteiger partial charge in [-0.1, -0.05) is 0 Å². The normalized spacial score (nSPS) is 13.4. The van der Waals surface area contributed by atoms with Gasteiger partial charge in [-0.3, -0.25) is 19.4 Å². The lowest BCUT2D eigenvalue weighted by atomic mass is 10.1. The summed E-state index contributed by atoms with van der Waals surface area (Å²) in [6, 6.07) is 2.70. The van der Waals surface area contributed by atoms with Gasteiger partial charge in [-0.25, -0.2) is 9.59 Å². The highest BCUT2D eigenvalue weighted by Crippen LogP contribution is 2.23. The fourth-order valence-electron chi connectivity index (χ4n) is 3.78. The van der Waals surface area contributed by atoms with Crippen molar-refractivity contribution in [2.24, 2.45) is 14.1 Å². The highest BCUT2D eigenvalue weighted by molar-refractivity contribution is 5.84. The van der Waals surface area contributed by atoms with Crippen LogP contribution in [-0.4, -0.2) is 58.8 Å². The lowest BCUT2D eigenvalue weighted by Gasteiger charge is -2.26. The molecule has 0 aromatic carbocycles. The van der Waals surface area contributed by atoms with Crippen LogP contribution in [0, 0.1) is 6.92 Å². The van der Waals surface area contributed by atoms with Crippen LogP contribution in [0.1, 0.15) is 71.5 Å². The van der Waals surface area contributed by atoms with Crippen molar-refractivity contribution in [1.82, 2.24) is 34.7 Å². The molecule has 224 valence electrons. The minimum absolute atomic E-state index is 0.0142. The van der Waals surface area contributed by atoms with E-state index in [-0.39, 0.29) is 12.3 Å². The van der Waals surface area contributed by atoms with Crippen molar-refractivity contribution in [3.8, 4) is 5.82 Å². The summed E-state index contributed by atoms with van der Waals surface area (Å²) in [5, 5.41) is 18.2. The quantitative estimate of drug-likeness (QED) is 0.412. The van der Waals surface area contributed by atoms with Gasteiger partial charge in [0.25, 0.3) is 5.56 Å². The zero-order chi connectivity index (χ0) is 30.7. The van der Waals surface area contributed by atoms with E-state index in [1.807, 2.05) is 6.92 Å². The second-order valence-corrected chi connectivity index (χ2v) is 11.8. The lowest BCUT2D eigenvalue weighted by Crippen LogP contribution is -2.41. The predicted molar refractivity (Wildman–Crippen MR) is 151 cm³/mol. The van der Waals surface area contributed by atoms with Crippen molar-refractivity contribution in [3.63, 3.8) is 0 Å². The van der Waals surface area contributed by atoms with Gasteiger partial charge in [0.05, 0.1) is 18.8 Å². The summed E-state index contributed by atoms with van der Waals surface area (Å²) < 4.78 is 20.0. The van der Waals surface area contributed by atoms with Gasteiger partial charge in [0.15, 0.2) is 5.82 Å². The number of hydrogen-bond donors (Lipinski definition) is 2. The van der Waals surface area contributed by atoms with Crippen LogP contribution in [0.2, 0.25) is 0 Å². The van der Waals surface area contributed by atoms with Crippen molar-refractivity contribution < 1.29 is 23.8 Å². The number of nitrogens with one attached hydrogen (secondary N) is 2. The topological polar surface area (TPSA) is 156 Å². The SMILES string of the molecule is Cc1cc(-n2cc(COC(c3cnn(C)n3)[C@@H](C)NC(=O)OC(C)(C)C)cc(NC(=O)OC(C)(C)C)c2=O)nn1C. The third-order valence-electron chi connectivity index (χ3n) is 5.59. The van der Waals surface area contributed by atoms with E-state index in [0.29, 0.717) is 17.1 Å². The Bertz CT molecular complexity index is 1420. The van der Waals surface area contributed by atoms with Crippen LogP contribution in [0.15, 0.2) is 29.3 Å². The number of anilines is 1. The number of carbonyl (C=O) groups is 2.